The molecule has 4 aliphatic carbocycles. The Bertz CT molecular complexity index is 346. The highest BCUT2D eigenvalue weighted by atomic mass is 32.2. The molecule has 16 heavy (non-hydrogen) atoms. The fourth-order valence-electron chi connectivity index (χ4n) is 4.51. The average molecular weight is 244 g/mol. The van der Waals surface area contributed by atoms with Gasteiger partial charge in [-0.3, -0.25) is 4.18 Å². The molecule has 0 aromatic heterocycles. The Balaban J connectivity index is 1.68. The van der Waals surface area contributed by atoms with Crippen LogP contribution in [0.15, 0.2) is 0 Å². The van der Waals surface area contributed by atoms with E-state index in [0.717, 1.165) is 29.9 Å². The van der Waals surface area contributed by atoms with Gasteiger partial charge in [-0.1, -0.05) is 0 Å². The van der Waals surface area contributed by atoms with Crippen LogP contribution in [0.3, 0.4) is 0 Å². The Morgan fingerprint density at radius 2 is 1.50 bits per heavy atom. The molecule has 0 aromatic rings. The van der Waals surface area contributed by atoms with Gasteiger partial charge in [-0.05, 0) is 61.7 Å². The van der Waals surface area contributed by atoms with Crippen molar-refractivity contribution in [2.24, 2.45) is 29.6 Å². The maximum absolute atomic E-state index is 11.0. The number of hydrogen-bond acceptors (Lipinski definition) is 3. The van der Waals surface area contributed by atoms with Crippen LogP contribution >= 0.6 is 0 Å². The molecule has 3 nitrogen and oxygen atoms in total. The van der Waals surface area contributed by atoms with Crippen molar-refractivity contribution in [3.8, 4) is 0 Å². The maximum Gasteiger partial charge on any atom is 0.264 e. The lowest BCUT2D eigenvalue weighted by Crippen LogP contribution is -2.46. The topological polar surface area (TPSA) is 43.4 Å². The molecule has 92 valence electrons. The molecule has 0 saturated heterocycles. The minimum Gasteiger partial charge on any atom is -0.270 e. The van der Waals surface area contributed by atoms with E-state index >= 15 is 0 Å². The minimum absolute atomic E-state index is 0.438. The summed E-state index contributed by atoms with van der Waals surface area (Å²) in [6.45, 7) is 0.438. The van der Waals surface area contributed by atoms with E-state index < -0.39 is 10.1 Å². The van der Waals surface area contributed by atoms with Crippen LogP contribution in [-0.2, 0) is 14.3 Å². The number of hydrogen-bond donors (Lipinski definition) is 0. The van der Waals surface area contributed by atoms with Gasteiger partial charge in [0.05, 0.1) is 12.9 Å². The van der Waals surface area contributed by atoms with E-state index in [0.29, 0.717) is 12.5 Å². The minimum atomic E-state index is -3.26. The summed E-state index contributed by atoms with van der Waals surface area (Å²) >= 11 is 0. The van der Waals surface area contributed by atoms with Crippen molar-refractivity contribution < 1.29 is 12.6 Å². The summed E-state index contributed by atoms with van der Waals surface area (Å²) in [5.41, 5.74) is 0. The van der Waals surface area contributed by atoms with E-state index in [2.05, 4.69) is 0 Å². The first kappa shape index (κ1) is 11.0. The van der Waals surface area contributed by atoms with Crippen molar-refractivity contribution in [2.45, 2.75) is 32.1 Å². The van der Waals surface area contributed by atoms with Crippen LogP contribution in [0.4, 0.5) is 0 Å². The maximum atomic E-state index is 11.0. The zero-order chi connectivity index (χ0) is 11.3. The van der Waals surface area contributed by atoms with Gasteiger partial charge in [-0.2, -0.15) is 8.42 Å². The second-order valence-electron chi connectivity index (χ2n) is 6.08. The largest absolute Gasteiger partial charge is 0.270 e. The van der Waals surface area contributed by atoms with Crippen molar-refractivity contribution in [1.29, 1.82) is 0 Å². The first-order chi connectivity index (χ1) is 7.51. The molecule has 0 aromatic carbocycles. The molecule has 0 amide bonds. The Kier molecular flexibility index (Phi) is 2.55. The third-order valence-electron chi connectivity index (χ3n) is 4.90. The molecule has 0 aliphatic heterocycles. The number of rotatable bonds is 3. The quantitative estimate of drug-likeness (QED) is 0.713. The van der Waals surface area contributed by atoms with Crippen molar-refractivity contribution in [1.82, 2.24) is 0 Å². The van der Waals surface area contributed by atoms with E-state index in [1.54, 1.807) is 0 Å². The molecule has 0 heterocycles. The van der Waals surface area contributed by atoms with Crippen LogP contribution in [0.1, 0.15) is 32.1 Å². The highest BCUT2D eigenvalue weighted by molar-refractivity contribution is 7.85. The molecular weight excluding hydrogens is 224 g/mol. The van der Waals surface area contributed by atoms with Crippen LogP contribution in [0.2, 0.25) is 0 Å². The predicted molar refractivity (Wildman–Crippen MR) is 61.3 cm³/mol. The van der Waals surface area contributed by atoms with Crippen LogP contribution < -0.4 is 0 Å². The molecule has 0 radical (unpaired) electrons. The molecule has 4 heteroatoms. The Labute approximate surface area is 97.7 Å². The normalized spacial score (nSPS) is 46.2. The second kappa shape index (κ2) is 3.70. The molecule has 4 rings (SSSR count). The van der Waals surface area contributed by atoms with E-state index in [1.807, 2.05) is 0 Å². The van der Waals surface area contributed by atoms with Gasteiger partial charge in [0.1, 0.15) is 0 Å². The zero-order valence-corrected chi connectivity index (χ0v) is 10.6. The standard InChI is InChI=1S/C12H20O3S/c1-16(13,14)15-7-12-10-3-8-2-9(5-10)6-11(12)4-8/h8-12H,2-7H2,1H3/t8-,9-,10-,11+,12?. The van der Waals surface area contributed by atoms with Gasteiger partial charge in [0, 0.05) is 0 Å². The van der Waals surface area contributed by atoms with E-state index in [4.69, 9.17) is 4.18 Å². The molecule has 0 N–H and O–H groups in total. The predicted octanol–water partition coefficient (Wildman–Crippen LogP) is 2.03. The van der Waals surface area contributed by atoms with Gasteiger partial charge in [0.2, 0.25) is 0 Å². The Morgan fingerprint density at radius 1 is 1.00 bits per heavy atom. The average Bonchev–Trinajstić information content (AvgIpc) is 2.13. The van der Waals surface area contributed by atoms with Crippen LogP contribution in [0.5, 0.6) is 0 Å². The third-order valence-corrected chi connectivity index (χ3v) is 5.46. The van der Waals surface area contributed by atoms with Gasteiger partial charge in [-0.15, -0.1) is 0 Å². The first-order valence-electron chi connectivity index (χ1n) is 6.35. The van der Waals surface area contributed by atoms with E-state index in [1.165, 1.54) is 32.1 Å². The highest BCUT2D eigenvalue weighted by Gasteiger charge is 2.48. The SMILES string of the molecule is CS(=O)(=O)OCC1[C@H]2C[C@H]3C[C@H](C2)C[C@H]1C3. The van der Waals surface area contributed by atoms with Crippen molar-refractivity contribution >= 4 is 10.1 Å². The van der Waals surface area contributed by atoms with Gasteiger partial charge in [0.25, 0.3) is 10.1 Å². The van der Waals surface area contributed by atoms with Crippen LogP contribution in [-0.4, -0.2) is 21.3 Å². The van der Waals surface area contributed by atoms with Crippen molar-refractivity contribution in [3.05, 3.63) is 0 Å². The summed E-state index contributed by atoms with van der Waals surface area (Å²) in [7, 11) is -3.26. The summed E-state index contributed by atoms with van der Waals surface area (Å²) in [5, 5.41) is 0. The fraction of sp³-hybridized carbons (Fsp3) is 1.00. The van der Waals surface area contributed by atoms with Crippen molar-refractivity contribution in [3.63, 3.8) is 0 Å². The lowest BCUT2D eigenvalue weighted by atomic mass is 9.52. The smallest absolute Gasteiger partial charge is 0.264 e. The molecular formula is C12H20O3S. The molecule has 0 atom stereocenters. The fourth-order valence-corrected chi connectivity index (χ4v) is 4.92. The summed E-state index contributed by atoms with van der Waals surface area (Å²) < 4.78 is 27.1. The molecule has 0 spiro atoms. The van der Waals surface area contributed by atoms with Gasteiger partial charge < -0.3 is 0 Å². The first-order valence-corrected chi connectivity index (χ1v) is 8.17. The summed E-state index contributed by atoms with van der Waals surface area (Å²) in [6, 6.07) is 0. The van der Waals surface area contributed by atoms with E-state index in [9.17, 15) is 8.42 Å². The summed E-state index contributed by atoms with van der Waals surface area (Å²) in [4.78, 5) is 0. The highest BCUT2D eigenvalue weighted by Crippen LogP contribution is 2.56. The van der Waals surface area contributed by atoms with Crippen LogP contribution in [0, 0.1) is 29.6 Å². The molecule has 4 aliphatic rings. The monoisotopic (exact) mass is 244 g/mol. The molecule has 4 saturated carbocycles. The molecule has 4 fully saturated rings. The second-order valence-corrected chi connectivity index (χ2v) is 7.73. The lowest BCUT2D eigenvalue weighted by Gasteiger charge is -2.54. The lowest BCUT2D eigenvalue weighted by molar-refractivity contribution is -0.0519. The Morgan fingerprint density at radius 3 is 1.94 bits per heavy atom. The zero-order valence-electron chi connectivity index (χ0n) is 9.76. The van der Waals surface area contributed by atoms with Crippen molar-refractivity contribution in [2.75, 3.05) is 12.9 Å². The van der Waals surface area contributed by atoms with Gasteiger partial charge in [-0.25, -0.2) is 0 Å². The third kappa shape index (κ3) is 2.02. The molecule has 0 unspecified atom stereocenters. The van der Waals surface area contributed by atoms with Crippen LogP contribution in [0.25, 0.3) is 0 Å². The van der Waals surface area contributed by atoms with E-state index in [-0.39, 0.29) is 0 Å². The Hall–Kier alpha value is -0.0900. The molecule has 4 bridgehead atoms. The van der Waals surface area contributed by atoms with Gasteiger partial charge >= 0.3 is 0 Å². The van der Waals surface area contributed by atoms with Gasteiger partial charge in [0.15, 0.2) is 0 Å². The summed E-state index contributed by atoms with van der Waals surface area (Å²) in [5.74, 6) is 3.90. The summed E-state index contributed by atoms with van der Waals surface area (Å²) in [6.07, 6.45) is 7.89.